The van der Waals surface area contributed by atoms with Crippen molar-refractivity contribution in [1.29, 1.82) is 0 Å². The molecule has 0 aliphatic carbocycles. The lowest BCUT2D eigenvalue weighted by molar-refractivity contribution is -0.252. The van der Waals surface area contributed by atoms with Crippen molar-refractivity contribution >= 4 is 5.78 Å². The van der Waals surface area contributed by atoms with E-state index in [1.165, 1.54) is 0 Å². The molecule has 2 saturated heterocycles. The Morgan fingerprint density at radius 2 is 1.79 bits per heavy atom. The van der Waals surface area contributed by atoms with Crippen molar-refractivity contribution in [1.82, 2.24) is 0 Å². The van der Waals surface area contributed by atoms with E-state index in [2.05, 4.69) is 0 Å². The molecule has 4 rings (SSSR count). The zero-order valence-corrected chi connectivity index (χ0v) is 17.9. The van der Waals surface area contributed by atoms with E-state index in [4.69, 9.17) is 13.9 Å². The zero-order chi connectivity index (χ0) is 21.5. The molecule has 0 amide bonds. The average Bonchev–Trinajstić information content (AvgIpc) is 2.84. The summed E-state index contributed by atoms with van der Waals surface area (Å²) in [4.78, 5) is 25.6. The SMILES string of the molecule is Cc1oc(=O)c2c(c1C)OC1(C)C(O)C3OC(O)(CCC(C)C1C2)C(C)(C)C3=O. The van der Waals surface area contributed by atoms with Crippen molar-refractivity contribution in [3.8, 4) is 5.75 Å². The summed E-state index contributed by atoms with van der Waals surface area (Å²) in [5.41, 5.74) is -1.56. The summed E-state index contributed by atoms with van der Waals surface area (Å²) in [5, 5.41) is 22.5. The summed E-state index contributed by atoms with van der Waals surface area (Å²) in [6, 6.07) is 0. The highest BCUT2D eigenvalue weighted by Crippen LogP contribution is 2.52. The van der Waals surface area contributed by atoms with E-state index in [0.29, 0.717) is 35.5 Å². The predicted molar refractivity (Wildman–Crippen MR) is 104 cm³/mol. The van der Waals surface area contributed by atoms with Gasteiger partial charge in [-0.15, -0.1) is 0 Å². The van der Waals surface area contributed by atoms with E-state index in [0.717, 1.165) is 0 Å². The minimum absolute atomic E-state index is 0.00156. The number of carbonyl (C=O) groups is 1. The van der Waals surface area contributed by atoms with E-state index in [-0.39, 0.29) is 24.0 Å². The molecular formula is C22H30O7. The number of aryl methyl sites for hydroxylation is 1. The fourth-order valence-corrected chi connectivity index (χ4v) is 5.30. The monoisotopic (exact) mass is 406 g/mol. The highest BCUT2D eigenvalue weighted by Gasteiger charge is 2.66. The molecule has 6 atom stereocenters. The standard InChI is InChI=1S/C22H30O7/c1-10-7-8-22(26)20(4,5)17(23)16(29-22)18(24)21(6)14(10)9-13-15(28-21)11(2)12(3)27-19(13)25/h10,14,16,18,24,26H,7-9H2,1-6H3. The van der Waals surface area contributed by atoms with Gasteiger partial charge in [0.05, 0.1) is 11.0 Å². The Balaban J connectivity index is 1.87. The first-order valence-electron chi connectivity index (χ1n) is 10.3. The van der Waals surface area contributed by atoms with Gasteiger partial charge in [-0.05, 0) is 53.4 Å². The Morgan fingerprint density at radius 3 is 2.45 bits per heavy atom. The third-order valence-electron chi connectivity index (χ3n) is 7.79. The summed E-state index contributed by atoms with van der Waals surface area (Å²) in [5.74, 6) is -1.35. The molecule has 7 heteroatoms. The summed E-state index contributed by atoms with van der Waals surface area (Å²) >= 11 is 0. The second kappa shape index (κ2) is 6.15. The third-order valence-corrected chi connectivity index (χ3v) is 7.79. The van der Waals surface area contributed by atoms with E-state index in [9.17, 15) is 19.8 Å². The van der Waals surface area contributed by atoms with Crippen molar-refractivity contribution in [3.63, 3.8) is 0 Å². The zero-order valence-electron chi connectivity index (χ0n) is 17.9. The van der Waals surface area contributed by atoms with Crippen LogP contribution in [0.3, 0.4) is 0 Å². The first-order chi connectivity index (χ1) is 13.3. The molecule has 2 bridgehead atoms. The van der Waals surface area contributed by atoms with Crippen LogP contribution in [0.25, 0.3) is 0 Å². The van der Waals surface area contributed by atoms with Crippen LogP contribution in [0.4, 0.5) is 0 Å². The van der Waals surface area contributed by atoms with Crippen LogP contribution in [-0.4, -0.2) is 39.6 Å². The third kappa shape index (κ3) is 2.60. The molecule has 29 heavy (non-hydrogen) atoms. The maximum atomic E-state index is 13.1. The van der Waals surface area contributed by atoms with Crippen LogP contribution in [0.2, 0.25) is 0 Å². The quantitative estimate of drug-likeness (QED) is 0.679. The molecule has 0 aromatic carbocycles. The van der Waals surface area contributed by atoms with Gasteiger partial charge in [0, 0.05) is 17.9 Å². The van der Waals surface area contributed by atoms with E-state index in [1.54, 1.807) is 27.7 Å². The van der Waals surface area contributed by atoms with Crippen LogP contribution in [-0.2, 0) is 16.0 Å². The Kier molecular flexibility index (Phi) is 4.37. The molecule has 3 aliphatic rings. The number of aliphatic hydroxyl groups excluding tert-OH is 1. The number of carbonyl (C=O) groups excluding carboxylic acids is 1. The van der Waals surface area contributed by atoms with Gasteiger partial charge in [-0.1, -0.05) is 6.92 Å². The van der Waals surface area contributed by atoms with Gasteiger partial charge < -0.3 is 24.1 Å². The van der Waals surface area contributed by atoms with Gasteiger partial charge in [0.1, 0.15) is 29.3 Å². The van der Waals surface area contributed by atoms with Crippen molar-refractivity contribution in [2.24, 2.45) is 17.3 Å². The largest absolute Gasteiger partial charge is 0.483 e. The number of rotatable bonds is 0. The van der Waals surface area contributed by atoms with Gasteiger partial charge in [-0.3, -0.25) is 4.79 Å². The van der Waals surface area contributed by atoms with E-state index >= 15 is 0 Å². The van der Waals surface area contributed by atoms with Crippen molar-refractivity contribution < 1.29 is 28.9 Å². The van der Waals surface area contributed by atoms with Crippen LogP contribution in [0, 0.1) is 31.1 Å². The Labute approximate surface area is 170 Å². The summed E-state index contributed by atoms with van der Waals surface area (Å²) in [6.07, 6.45) is -1.31. The molecule has 160 valence electrons. The van der Waals surface area contributed by atoms with Crippen LogP contribution < -0.4 is 10.4 Å². The van der Waals surface area contributed by atoms with Crippen molar-refractivity contribution in [3.05, 3.63) is 27.3 Å². The molecule has 2 fully saturated rings. The summed E-state index contributed by atoms with van der Waals surface area (Å²) in [6.45, 7) is 10.6. The van der Waals surface area contributed by atoms with Gasteiger partial charge in [0.25, 0.3) is 0 Å². The Hall–Kier alpha value is -1.70. The number of Topliss-reactive ketones (excluding diaryl/α,β-unsaturated/α-hetero) is 1. The molecule has 1 aromatic heterocycles. The molecule has 4 heterocycles. The first kappa shape index (κ1) is 20.6. The van der Waals surface area contributed by atoms with Gasteiger partial charge >= 0.3 is 5.63 Å². The number of hydrogen-bond acceptors (Lipinski definition) is 7. The van der Waals surface area contributed by atoms with E-state index < -0.39 is 34.6 Å². The molecule has 1 aromatic rings. The predicted octanol–water partition coefficient (Wildman–Crippen LogP) is 2.04. The molecule has 2 N–H and O–H groups in total. The fraction of sp³-hybridized carbons (Fsp3) is 0.727. The number of fused-ring (bicyclic) bond motifs is 4. The second-order valence-corrected chi connectivity index (χ2v) is 9.75. The maximum Gasteiger partial charge on any atom is 0.342 e. The smallest absolute Gasteiger partial charge is 0.342 e. The van der Waals surface area contributed by atoms with Gasteiger partial charge in [-0.2, -0.15) is 0 Å². The average molecular weight is 406 g/mol. The van der Waals surface area contributed by atoms with Crippen molar-refractivity contribution in [2.45, 2.75) is 84.4 Å². The van der Waals surface area contributed by atoms with Crippen molar-refractivity contribution in [2.75, 3.05) is 0 Å². The molecule has 0 radical (unpaired) electrons. The van der Waals surface area contributed by atoms with Crippen LogP contribution in [0.5, 0.6) is 5.75 Å². The number of ether oxygens (including phenoxy) is 2. The molecular weight excluding hydrogens is 376 g/mol. The van der Waals surface area contributed by atoms with Crippen LogP contribution >= 0.6 is 0 Å². The van der Waals surface area contributed by atoms with Crippen LogP contribution in [0.1, 0.15) is 57.4 Å². The lowest BCUT2D eigenvalue weighted by atomic mass is 9.66. The van der Waals surface area contributed by atoms with Gasteiger partial charge in [-0.25, -0.2) is 4.79 Å². The van der Waals surface area contributed by atoms with E-state index in [1.807, 2.05) is 13.8 Å². The first-order valence-corrected chi connectivity index (χ1v) is 10.3. The molecule has 3 aliphatic heterocycles. The van der Waals surface area contributed by atoms with Crippen LogP contribution in [0.15, 0.2) is 9.21 Å². The fourth-order valence-electron chi connectivity index (χ4n) is 5.30. The minimum Gasteiger partial charge on any atom is -0.483 e. The second-order valence-electron chi connectivity index (χ2n) is 9.75. The summed E-state index contributed by atoms with van der Waals surface area (Å²) in [7, 11) is 0. The van der Waals surface area contributed by atoms with Gasteiger partial charge in [0.2, 0.25) is 0 Å². The topological polar surface area (TPSA) is 106 Å². The number of hydrogen-bond donors (Lipinski definition) is 2. The molecule has 0 saturated carbocycles. The molecule has 0 spiro atoms. The normalized spacial score (nSPS) is 40.9. The highest BCUT2D eigenvalue weighted by atomic mass is 16.7. The highest BCUT2D eigenvalue weighted by molar-refractivity contribution is 5.92. The number of ketones is 1. The Morgan fingerprint density at radius 1 is 1.14 bits per heavy atom. The number of aliphatic hydroxyl groups is 2. The minimum atomic E-state index is -1.65. The lowest BCUT2D eigenvalue weighted by Crippen LogP contribution is -2.61. The summed E-state index contributed by atoms with van der Waals surface area (Å²) < 4.78 is 17.6. The molecule has 7 nitrogen and oxygen atoms in total. The van der Waals surface area contributed by atoms with Gasteiger partial charge in [0.15, 0.2) is 11.6 Å². The lowest BCUT2D eigenvalue weighted by Gasteiger charge is -2.48. The molecule has 6 unspecified atom stereocenters. The Bertz CT molecular complexity index is 932. The maximum absolute atomic E-state index is 13.1.